The maximum atomic E-state index is 2.63. The van der Waals surface area contributed by atoms with Crippen LogP contribution in [0, 0.1) is 18.3 Å². The molecule has 0 N–H and O–H groups in total. The average molecular weight is 383 g/mol. The highest BCUT2D eigenvalue weighted by atomic mass is 14.5. The van der Waals surface area contributed by atoms with E-state index < -0.39 is 0 Å². The normalized spacial score (nSPS) is 28.5. The van der Waals surface area contributed by atoms with E-state index in [0.717, 1.165) is 5.92 Å². The molecule has 0 heteroatoms. The lowest BCUT2D eigenvalue weighted by Gasteiger charge is -2.21. The van der Waals surface area contributed by atoms with Gasteiger partial charge in [0.1, 0.15) is 0 Å². The van der Waals surface area contributed by atoms with Crippen molar-refractivity contribution in [1.29, 1.82) is 0 Å². The Morgan fingerprint density at radius 2 is 1.38 bits per heavy atom. The highest BCUT2D eigenvalue weighted by Crippen LogP contribution is 2.59. The molecule has 1 fully saturated rings. The lowest BCUT2D eigenvalue weighted by atomic mass is 9.84. The molecule has 0 bridgehead atoms. The second-order valence-electron chi connectivity index (χ2n) is 10.1. The van der Waals surface area contributed by atoms with Crippen LogP contribution in [0.3, 0.4) is 0 Å². The van der Waals surface area contributed by atoms with Gasteiger partial charge in [-0.1, -0.05) is 89.4 Å². The topological polar surface area (TPSA) is 0 Å². The van der Waals surface area contributed by atoms with Crippen LogP contribution in [-0.4, -0.2) is 0 Å². The predicted octanol–water partition coefficient (Wildman–Crippen LogP) is 8.27. The predicted molar refractivity (Wildman–Crippen MR) is 125 cm³/mol. The van der Waals surface area contributed by atoms with Crippen LogP contribution in [-0.2, 0) is 0 Å². The molecule has 0 aromatic heterocycles. The maximum Gasteiger partial charge on any atom is -0.0102 e. The van der Waals surface area contributed by atoms with Gasteiger partial charge in [-0.15, -0.1) is 0 Å². The van der Waals surface area contributed by atoms with Gasteiger partial charge in [-0.3, -0.25) is 0 Å². The largest absolute Gasteiger partial charge is 0.0788 e. The van der Waals surface area contributed by atoms with Gasteiger partial charge in [0.25, 0.3) is 0 Å². The maximum absolute atomic E-state index is 2.63. The lowest BCUT2D eigenvalue weighted by molar-refractivity contribution is 0.542. The molecule has 0 nitrogen and oxygen atoms in total. The summed E-state index contributed by atoms with van der Waals surface area (Å²) in [5.74, 6) is 1.00. The van der Waals surface area contributed by atoms with Gasteiger partial charge in [-0.2, -0.15) is 0 Å². The number of fused-ring (bicyclic) bond motifs is 1. The smallest absolute Gasteiger partial charge is 0.0102 e. The number of rotatable bonds is 5. The fraction of sp³-hybridized carbons (Fsp3) is 0.448. The fourth-order valence-electron chi connectivity index (χ4n) is 5.56. The van der Waals surface area contributed by atoms with Crippen molar-refractivity contribution in [3.8, 4) is 0 Å². The monoisotopic (exact) mass is 382 g/mol. The first-order valence-corrected chi connectivity index (χ1v) is 11.6. The van der Waals surface area contributed by atoms with E-state index in [1.807, 2.05) is 0 Å². The third-order valence-corrected chi connectivity index (χ3v) is 7.69. The van der Waals surface area contributed by atoms with E-state index in [1.165, 1.54) is 74.5 Å². The van der Waals surface area contributed by atoms with Crippen molar-refractivity contribution in [2.75, 3.05) is 0 Å². The Labute approximate surface area is 176 Å². The van der Waals surface area contributed by atoms with Gasteiger partial charge >= 0.3 is 0 Å². The number of benzene rings is 1. The standard InChI is InChI=1S/C29H34/c1-21-3-12-26(13-4-21)27-14-9-24(10-15-27)17-22-5-7-23(8-6-22)18-25-11-16-28-20-29(28,2)19-25/h3-5,7,9,12-14,19,28H,6,8,10-11,15-18,20H2,1-2H3. The quantitative estimate of drug-likeness (QED) is 0.449. The van der Waals surface area contributed by atoms with Crippen LogP contribution in [0.2, 0.25) is 0 Å². The Balaban J connectivity index is 1.19. The van der Waals surface area contributed by atoms with Crippen molar-refractivity contribution in [2.24, 2.45) is 11.3 Å². The van der Waals surface area contributed by atoms with E-state index in [2.05, 4.69) is 68.5 Å². The first kappa shape index (κ1) is 18.9. The van der Waals surface area contributed by atoms with Gasteiger partial charge in [0.05, 0.1) is 0 Å². The first-order valence-electron chi connectivity index (χ1n) is 11.6. The summed E-state index contributed by atoms with van der Waals surface area (Å²) in [6.45, 7) is 4.62. The second kappa shape index (κ2) is 7.63. The summed E-state index contributed by atoms with van der Waals surface area (Å²) in [4.78, 5) is 0. The Kier molecular flexibility index (Phi) is 4.98. The minimum absolute atomic E-state index is 0.572. The van der Waals surface area contributed by atoms with Crippen LogP contribution < -0.4 is 0 Å². The Bertz CT molecular complexity index is 944. The van der Waals surface area contributed by atoms with Crippen molar-refractivity contribution in [1.82, 2.24) is 0 Å². The SMILES string of the molecule is Cc1ccc(C2=CC=C(CC3=CC=C(CC4=CC5(C)CC5CC4)CC3)CC2)cc1. The van der Waals surface area contributed by atoms with E-state index in [-0.39, 0.29) is 0 Å². The Hall–Kier alpha value is -2.08. The molecule has 1 aromatic rings. The summed E-state index contributed by atoms with van der Waals surface area (Å²) in [7, 11) is 0. The van der Waals surface area contributed by atoms with Gasteiger partial charge in [0.2, 0.25) is 0 Å². The molecule has 0 heterocycles. The molecule has 5 rings (SSSR count). The molecule has 0 saturated heterocycles. The van der Waals surface area contributed by atoms with Crippen molar-refractivity contribution in [3.63, 3.8) is 0 Å². The molecule has 0 radical (unpaired) electrons. The van der Waals surface area contributed by atoms with Gasteiger partial charge < -0.3 is 0 Å². The zero-order valence-electron chi connectivity index (χ0n) is 18.1. The van der Waals surface area contributed by atoms with E-state index in [4.69, 9.17) is 0 Å². The molecule has 0 spiro atoms. The van der Waals surface area contributed by atoms with Gasteiger partial charge in [0, 0.05) is 0 Å². The minimum Gasteiger partial charge on any atom is -0.0788 e. The summed E-state index contributed by atoms with van der Waals surface area (Å²) in [6.07, 6.45) is 23.8. The number of allylic oxidation sites excluding steroid dienone is 10. The highest BCUT2D eigenvalue weighted by molar-refractivity contribution is 5.69. The molecule has 2 atom stereocenters. The lowest BCUT2D eigenvalue weighted by Crippen LogP contribution is -2.05. The summed E-state index contributed by atoms with van der Waals surface area (Å²) in [5, 5.41) is 0. The van der Waals surface area contributed by atoms with Gasteiger partial charge in [-0.05, 0) is 87.2 Å². The molecular weight excluding hydrogens is 348 g/mol. The van der Waals surface area contributed by atoms with Gasteiger partial charge in [0.15, 0.2) is 0 Å². The summed E-state index contributed by atoms with van der Waals surface area (Å²) < 4.78 is 0. The van der Waals surface area contributed by atoms with E-state index >= 15 is 0 Å². The molecule has 2 unspecified atom stereocenters. The van der Waals surface area contributed by atoms with Crippen LogP contribution in [0.15, 0.2) is 76.9 Å². The first-order chi connectivity index (χ1) is 14.1. The van der Waals surface area contributed by atoms with E-state index in [9.17, 15) is 0 Å². The Morgan fingerprint density at radius 3 is 1.97 bits per heavy atom. The molecule has 1 aromatic carbocycles. The minimum atomic E-state index is 0.572. The molecule has 4 aliphatic carbocycles. The van der Waals surface area contributed by atoms with Crippen molar-refractivity contribution < 1.29 is 0 Å². The van der Waals surface area contributed by atoms with Crippen LogP contribution >= 0.6 is 0 Å². The van der Waals surface area contributed by atoms with Gasteiger partial charge in [-0.25, -0.2) is 0 Å². The fourth-order valence-corrected chi connectivity index (χ4v) is 5.56. The van der Waals surface area contributed by atoms with E-state index in [1.54, 1.807) is 22.3 Å². The highest BCUT2D eigenvalue weighted by Gasteiger charge is 2.49. The second-order valence-corrected chi connectivity index (χ2v) is 10.1. The third-order valence-electron chi connectivity index (χ3n) is 7.69. The molecular formula is C29H34. The average Bonchev–Trinajstić information content (AvgIpc) is 3.41. The molecule has 0 amide bonds. The molecule has 150 valence electrons. The van der Waals surface area contributed by atoms with Crippen molar-refractivity contribution in [3.05, 3.63) is 88.1 Å². The van der Waals surface area contributed by atoms with Crippen LogP contribution in [0.5, 0.6) is 0 Å². The summed E-state index contributed by atoms with van der Waals surface area (Å²) >= 11 is 0. The van der Waals surface area contributed by atoms with Crippen molar-refractivity contribution in [2.45, 2.75) is 71.6 Å². The Morgan fingerprint density at radius 1 is 0.759 bits per heavy atom. The number of aryl methyl sites for hydroxylation is 1. The molecule has 1 saturated carbocycles. The summed E-state index contributed by atoms with van der Waals surface area (Å²) in [5.41, 5.74) is 11.4. The molecule has 0 aliphatic heterocycles. The molecule has 29 heavy (non-hydrogen) atoms. The third kappa shape index (κ3) is 4.27. The van der Waals surface area contributed by atoms with Crippen LogP contribution in [0.1, 0.15) is 75.8 Å². The summed E-state index contributed by atoms with van der Waals surface area (Å²) in [6, 6.07) is 8.97. The number of hydrogen-bond acceptors (Lipinski definition) is 0. The van der Waals surface area contributed by atoms with Crippen LogP contribution in [0.4, 0.5) is 0 Å². The van der Waals surface area contributed by atoms with E-state index in [0.29, 0.717) is 5.41 Å². The molecule has 4 aliphatic rings. The zero-order valence-corrected chi connectivity index (χ0v) is 18.1. The van der Waals surface area contributed by atoms with Crippen LogP contribution in [0.25, 0.3) is 5.57 Å². The van der Waals surface area contributed by atoms with Crippen molar-refractivity contribution >= 4 is 5.57 Å². The zero-order chi connectivity index (χ0) is 19.8. The number of hydrogen-bond donors (Lipinski definition) is 0.